The van der Waals surface area contributed by atoms with Gasteiger partial charge < -0.3 is 15.7 Å². The highest BCUT2D eigenvalue weighted by Gasteiger charge is 2.35. The molecule has 3 atom stereocenters. The summed E-state index contributed by atoms with van der Waals surface area (Å²) in [5, 5.41) is 20.5. The molecule has 3 unspecified atom stereocenters. The van der Waals surface area contributed by atoms with Gasteiger partial charge in [0.2, 0.25) is 0 Å². The first-order valence-electron chi connectivity index (χ1n) is 8.59. The number of aliphatic hydroxyl groups excluding tert-OH is 1. The minimum Gasteiger partial charge on any atom is -0.392 e. The summed E-state index contributed by atoms with van der Waals surface area (Å²) in [6.45, 7) is 5.13. The van der Waals surface area contributed by atoms with Gasteiger partial charge in [0.1, 0.15) is 11.6 Å². The van der Waals surface area contributed by atoms with Crippen molar-refractivity contribution in [2.75, 3.05) is 6.54 Å². The number of carbonyl (C=O) groups excluding carboxylic acids is 1. The van der Waals surface area contributed by atoms with Crippen molar-refractivity contribution < 1.29 is 9.90 Å². The minimum atomic E-state index is -0.327. The van der Waals surface area contributed by atoms with Gasteiger partial charge in [-0.25, -0.2) is 14.5 Å². The molecule has 128 valence electrons. The molecule has 1 aliphatic carbocycles. The summed E-state index contributed by atoms with van der Waals surface area (Å²) >= 11 is 0. The number of urea groups is 1. The van der Waals surface area contributed by atoms with E-state index >= 15 is 0 Å². The van der Waals surface area contributed by atoms with Crippen molar-refractivity contribution in [3.63, 3.8) is 0 Å². The van der Waals surface area contributed by atoms with Crippen LogP contribution in [0.2, 0.25) is 0 Å². The first-order valence-corrected chi connectivity index (χ1v) is 8.59. The Morgan fingerprint density at radius 2 is 2.26 bits per heavy atom. The van der Waals surface area contributed by atoms with E-state index in [1.165, 1.54) is 0 Å². The van der Waals surface area contributed by atoms with E-state index in [0.717, 1.165) is 50.2 Å². The molecule has 7 nitrogen and oxygen atoms in total. The van der Waals surface area contributed by atoms with E-state index in [9.17, 15) is 9.90 Å². The van der Waals surface area contributed by atoms with Gasteiger partial charge in [-0.05, 0) is 26.2 Å². The topological polar surface area (TPSA) is 92.1 Å². The number of aliphatic hydroxyl groups is 1. The molecule has 2 aliphatic rings. The molecule has 7 heteroatoms. The van der Waals surface area contributed by atoms with Crippen LogP contribution < -0.4 is 10.6 Å². The second-order valence-corrected chi connectivity index (χ2v) is 7.24. The van der Waals surface area contributed by atoms with E-state index < -0.39 is 0 Å². The van der Waals surface area contributed by atoms with Crippen LogP contribution >= 0.6 is 0 Å². The molecule has 0 bridgehead atoms. The summed E-state index contributed by atoms with van der Waals surface area (Å²) in [7, 11) is 0. The van der Waals surface area contributed by atoms with Crippen molar-refractivity contribution in [1.82, 2.24) is 25.4 Å². The predicted octanol–water partition coefficient (Wildman–Crippen LogP) is 1.14. The van der Waals surface area contributed by atoms with Gasteiger partial charge in [-0.15, -0.1) is 0 Å². The maximum atomic E-state index is 12.2. The number of hydrogen-bond acceptors (Lipinski definition) is 4. The molecule has 2 heterocycles. The molecule has 1 aliphatic heterocycles. The zero-order valence-electron chi connectivity index (χ0n) is 14.0. The third-order valence-corrected chi connectivity index (χ3v) is 5.23. The van der Waals surface area contributed by atoms with Gasteiger partial charge in [0.05, 0.1) is 18.7 Å². The van der Waals surface area contributed by atoms with Crippen molar-refractivity contribution >= 4 is 6.03 Å². The Balaban J connectivity index is 1.48. The largest absolute Gasteiger partial charge is 0.392 e. The third-order valence-electron chi connectivity index (χ3n) is 5.23. The normalized spacial score (nSPS) is 30.6. The van der Waals surface area contributed by atoms with E-state index in [-0.39, 0.29) is 23.6 Å². The summed E-state index contributed by atoms with van der Waals surface area (Å²) in [6, 6.07) is -0.0815. The van der Waals surface area contributed by atoms with Gasteiger partial charge in [-0.1, -0.05) is 19.8 Å². The highest BCUT2D eigenvalue weighted by Crippen LogP contribution is 2.35. The summed E-state index contributed by atoms with van der Waals surface area (Å²) in [5.74, 6) is 1.78. The van der Waals surface area contributed by atoms with Gasteiger partial charge in [0, 0.05) is 18.4 Å². The lowest BCUT2D eigenvalue weighted by atomic mass is 9.73. The van der Waals surface area contributed by atoms with Gasteiger partial charge in [0.25, 0.3) is 0 Å². The first-order chi connectivity index (χ1) is 11.0. The van der Waals surface area contributed by atoms with Crippen LogP contribution in [-0.2, 0) is 13.0 Å². The van der Waals surface area contributed by atoms with Crippen LogP contribution in [0, 0.1) is 12.3 Å². The zero-order chi connectivity index (χ0) is 16.4. The number of nitrogens with one attached hydrogen (secondary N) is 2. The van der Waals surface area contributed by atoms with E-state index in [0.29, 0.717) is 13.1 Å². The SMILES string of the molecule is Cc1nc2n(n1)CC(NC(=O)NCC1(C)CCCCC1O)CC2. The fourth-order valence-electron chi connectivity index (χ4n) is 3.66. The van der Waals surface area contributed by atoms with Crippen LogP contribution in [0.1, 0.15) is 50.7 Å². The second kappa shape index (κ2) is 6.47. The molecule has 0 aromatic carbocycles. The molecule has 1 aromatic heterocycles. The lowest BCUT2D eigenvalue weighted by Crippen LogP contribution is -2.51. The van der Waals surface area contributed by atoms with Crippen LogP contribution in [-0.4, -0.2) is 44.6 Å². The second-order valence-electron chi connectivity index (χ2n) is 7.24. The smallest absolute Gasteiger partial charge is 0.315 e. The highest BCUT2D eigenvalue weighted by molar-refractivity contribution is 5.74. The van der Waals surface area contributed by atoms with Crippen LogP contribution in [0.3, 0.4) is 0 Å². The average Bonchev–Trinajstić information content (AvgIpc) is 2.88. The number of nitrogens with zero attached hydrogens (tertiary/aromatic N) is 3. The quantitative estimate of drug-likeness (QED) is 0.778. The van der Waals surface area contributed by atoms with Gasteiger partial charge in [-0.2, -0.15) is 5.10 Å². The maximum absolute atomic E-state index is 12.2. The van der Waals surface area contributed by atoms with Gasteiger partial charge >= 0.3 is 6.03 Å². The fourth-order valence-corrected chi connectivity index (χ4v) is 3.66. The van der Waals surface area contributed by atoms with E-state index in [4.69, 9.17) is 0 Å². The lowest BCUT2D eigenvalue weighted by molar-refractivity contribution is 0.00303. The minimum absolute atomic E-state index is 0.0766. The van der Waals surface area contributed by atoms with Crippen LogP contribution in [0.5, 0.6) is 0 Å². The molecule has 1 fully saturated rings. The molecule has 1 aromatic rings. The first kappa shape index (κ1) is 16.2. The Morgan fingerprint density at radius 3 is 3.04 bits per heavy atom. The van der Waals surface area contributed by atoms with Crippen molar-refractivity contribution in [2.45, 2.75) is 71.1 Å². The van der Waals surface area contributed by atoms with Crippen molar-refractivity contribution in [3.8, 4) is 0 Å². The number of amides is 2. The van der Waals surface area contributed by atoms with E-state index in [1.54, 1.807) is 0 Å². The van der Waals surface area contributed by atoms with Crippen molar-refractivity contribution in [1.29, 1.82) is 0 Å². The number of hydrogen-bond donors (Lipinski definition) is 3. The van der Waals surface area contributed by atoms with Crippen LogP contribution in [0.15, 0.2) is 0 Å². The molecular formula is C16H27N5O2. The molecule has 3 N–H and O–H groups in total. The highest BCUT2D eigenvalue weighted by atomic mass is 16.3. The van der Waals surface area contributed by atoms with E-state index in [2.05, 4.69) is 27.6 Å². The Bertz CT molecular complexity index is 573. The molecule has 0 spiro atoms. The third kappa shape index (κ3) is 3.65. The van der Waals surface area contributed by atoms with Crippen molar-refractivity contribution in [2.24, 2.45) is 5.41 Å². The monoisotopic (exact) mass is 321 g/mol. The Hall–Kier alpha value is -1.63. The summed E-state index contributed by atoms with van der Waals surface area (Å²) < 4.78 is 1.88. The van der Waals surface area contributed by atoms with Gasteiger partial charge in [0.15, 0.2) is 0 Å². The summed E-state index contributed by atoms with van der Waals surface area (Å²) in [5.41, 5.74) is -0.210. The number of aryl methyl sites for hydroxylation is 2. The standard InChI is InChI=1S/C16H27N5O2/c1-11-18-14-7-6-12(9-21(14)20-11)19-15(23)17-10-16(2)8-4-3-5-13(16)22/h12-13,22H,3-10H2,1-2H3,(H2,17,19,23). The number of carbonyl (C=O) groups is 1. The van der Waals surface area contributed by atoms with Crippen LogP contribution in [0.25, 0.3) is 0 Å². The zero-order valence-corrected chi connectivity index (χ0v) is 14.0. The number of fused-ring (bicyclic) bond motifs is 1. The molecule has 23 heavy (non-hydrogen) atoms. The fraction of sp³-hybridized carbons (Fsp3) is 0.812. The van der Waals surface area contributed by atoms with E-state index in [1.807, 2.05) is 11.6 Å². The average molecular weight is 321 g/mol. The molecule has 1 saturated carbocycles. The number of rotatable bonds is 3. The lowest BCUT2D eigenvalue weighted by Gasteiger charge is -2.38. The van der Waals surface area contributed by atoms with Crippen LogP contribution in [0.4, 0.5) is 4.79 Å². The molecular weight excluding hydrogens is 294 g/mol. The van der Waals surface area contributed by atoms with Gasteiger partial charge in [-0.3, -0.25) is 0 Å². The van der Waals surface area contributed by atoms with Crippen molar-refractivity contribution in [3.05, 3.63) is 11.6 Å². The molecule has 3 rings (SSSR count). The molecule has 0 saturated heterocycles. The Kier molecular flexibility index (Phi) is 4.57. The summed E-state index contributed by atoms with van der Waals surface area (Å²) in [4.78, 5) is 16.5. The Labute approximate surface area is 136 Å². The predicted molar refractivity (Wildman–Crippen MR) is 86.0 cm³/mol. The maximum Gasteiger partial charge on any atom is 0.315 e. The molecule has 0 radical (unpaired) electrons. The summed E-state index contributed by atoms with van der Waals surface area (Å²) in [6.07, 6.45) is 5.37. The number of aromatic nitrogens is 3. The Morgan fingerprint density at radius 1 is 1.43 bits per heavy atom. The molecule has 2 amide bonds.